The molecule has 6 rings (SSSR count). The highest BCUT2D eigenvalue weighted by atomic mass is 16.3. The van der Waals surface area contributed by atoms with Crippen molar-refractivity contribution < 1.29 is 9.90 Å². The number of hydrogen-bond donors (Lipinski definition) is 1. The minimum atomic E-state index is -1.02. The summed E-state index contributed by atoms with van der Waals surface area (Å²) in [5.74, 6) is 4.79. The van der Waals surface area contributed by atoms with E-state index >= 15 is 0 Å². The molecule has 5 aliphatic rings. The molecule has 0 aromatic heterocycles. The second kappa shape index (κ2) is 6.23. The third-order valence-electron chi connectivity index (χ3n) is 10.1. The molecule has 31 heavy (non-hydrogen) atoms. The Hall–Kier alpha value is -2.11. The van der Waals surface area contributed by atoms with Crippen molar-refractivity contribution in [2.45, 2.75) is 70.3 Å². The maximum atomic E-state index is 12.4. The van der Waals surface area contributed by atoms with E-state index in [-0.39, 0.29) is 16.6 Å². The average molecular weight is 413 g/mol. The van der Waals surface area contributed by atoms with Crippen LogP contribution in [0.5, 0.6) is 0 Å². The number of carbonyl (C=O) groups is 1. The quantitative estimate of drug-likeness (QED) is 0.648. The van der Waals surface area contributed by atoms with E-state index in [1.165, 1.54) is 22.3 Å². The second-order valence-electron chi connectivity index (χ2n) is 11.1. The van der Waals surface area contributed by atoms with Crippen molar-refractivity contribution in [3.8, 4) is 12.3 Å². The molecule has 2 unspecified atom stereocenters. The van der Waals surface area contributed by atoms with Gasteiger partial charge in [-0.1, -0.05) is 50.1 Å². The first-order chi connectivity index (χ1) is 14.8. The summed E-state index contributed by atoms with van der Waals surface area (Å²) in [6, 6.07) is 7.08. The van der Waals surface area contributed by atoms with Crippen LogP contribution in [-0.2, 0) is 17.6 Å². The van der Waals surface area contributed by atoms with Crippen molar-refractivity contribution in [3.05, 3.63) is 58.7 Å². The number of rotatable bonds is 1. The van der Waals surface area contributed by atoms with E-state index in [0.29, 0.717) is 36.5 Å². The molecule has 2 nitrogen and oxygen atoms in total. The Morgan fingerprint density at radius 3 is 2.90 bits per heavy atom. The summed E-state index contributed by atoms with van der Waals surface area (Å²) in [6.07, 6.45) is 18.9. The van der Waals surface area contributed by atoms with E-state index in [1.54, 1.807) is 0 Å². The molecular formula is C29H32O2. The number of carbonyl (C=O) groups excluding carboxylic acids is 1. The highest BCUT2D eigenvalue weighted by Gasteiger charge is 2.67. The molecule has 7 atom stereocenters. The maximum absolute atomic E-state index is 12.4. The molecule has 0 bridgehead atoms. The lowest BCUT2D eigenvalue weighted by molar-refractivity contribution is -0.118. The second-order valence-corrected chi connectivity index (χ2v) is 11.1. The summed E-state index contributed by atoms with van der Waals surface area (Å²) in [4.78, 5) is 12.4. The van der Waals surface area contributed by atoms with Crippen LogP contribution < -0.4 is 0 Å². The van der Waals surface area contributed by atoms with Crippen molar-refractivity contribution in [2.24, 2.45) is 28.6 Å². The van der Waals surface area contributed by atoms with Gasteiger partial charge in [0.1, 0.15) is 5.60 Å². The summed E-state index contributed by atoms with van der Waals surface area (Å²) in [6.45, 7) is 4.47. The molecule has 2 heteroatoms. The van der Waals surface area contributed by atoms with Gasteiger partial charge in [0.2, 0.25) is 0 Å². The Kier molecular flexibility index (Phi) is 3.93. The van der Waals surface area contributed by atoms with Gasteiger partial charge in [-0.15, -0.1) is 6.42 Å². The van der Waals surface area contributed by atoms with Gasteiger partial charge in [0.05, 0.1) is 0 Å². The number of aliphatic hydroxyl groups is 1. The Bertz CT molecular complexity index is 1090. The lowest BCUT2D eigenvalue weighted by atomic mass is 9.41. The van der Waals surface area contributed by atoms with Crippen molar-refractivity contribution in [3.63, 3.8) is 0 Å². The zero-order chi connectivity index (χ0) is 21.6. The Morgan fingerprint density at radius 2 is 2.13 bits per heavy atom. The van der Waals surface area contributed by atoms with Crippen LogP contribution in [0, 0.1) is 40.9 Å². The van der Waals surface area contributed by atoms with Crippen LogP contribution in [0.3, 0.4) is 0 Å². The molecule has 0 radical (unpaired) electrons. The van der Waals surface area contributed by atoms with Crippen molar-refractivity contribution in [1.82, 2.24) is 0 Å². The molecule has 160 valence electrons. The van der Waals surface area contributed by atoms with Crippen LogP contribution in [0.2, 0.25) is 0 Å². The Labute approximate surface area is 185 Å². The largest absolute Gasteiger partial charge is 0.377 e. The van der Waals surface area contributed by atoms with Crippen LogP contribution in [0.25, 0.3) is 0 Å². The summed E-state index contributed by atoms with van der Waals surface area (Å²) >= 11 is 0. The normalized spacial score (nSPS) is 44.5. The molecule has 1 N–H and O–H groups in total. The highest BCUT2D eigenvalue weighted by molar-refractivity contribution is 5.92. The lowest BCUT2D eigenvalue weighted by Crippen LogP contribution is -2.58. The summed E-state index contributed by atoms with van der Waals surface area (Å²) in [5, 5.41) is 11.5. The summed E-state index contributed by atoms with van der Waals surface area (Å²) in [5.41, 5.74) is 4.32. The standard InChI is InChI=1S/C29H32O2/c1-4-18-6-8-22-19(14-18)16-28-12-10-21(30)15-20(28)7-9-23-25-11-13-29(31,5-2)27(25,3)17-24(22)26(23)28/h2,6-9,14-15,23-26,31H,4,10-13,16-17H2,1,3H3/t23-,24?,25-,26?,27-,28+,29-/m0/s1. The van der Waals surface area contributed by atoms with Gasteiger partial charge in [-0.05, 0) is 90.5 Å². The zero-order valence-electron chi connectivity index (χ0n) is 18.7. The smallest absolute Gasteiger partial charge is 0.156 e. The van der Waals surface area contributed by atoms with Crippen LogP contribution in [0.15, 0.2) is 42.0 Å². The Balaban J connectivity index is 1.59. The highest BCUT2D eigenvalue weighted by Crippen LogP contribution is 2.71. The topological polar surface area (TPSA) is 37.3 Å². The number of terminal acetylenes is 1. The molecule has 0 heterocycles. The van der Waals surface area contributed by atoms with Gasteiger partial charge in [-0.2, -0.15) is 0 Å². The van der Waals surface area contributed by atoms with Crippen LogP contribution in [0.4, 0.5) is 0 Å². The molecule has 1 aromatic rings. The van der Waals surface area contributed by atoms with Crippen molar-refractivity contribution >= 4 is 5.78 Å². The first-order valence-corrected chi connectivity index (χ1v) is 12.1. The number of hydrogen-bond acceptors (Lipinski definition) is 2. The summed E-state index contributed by atoms with van der Waals surface area (Å²) < 4.78 is 0. The van der Waals surface area contributed by atoms with E-state index in [4.69, 9.17) is 6.42 Å². The summed E-state index contributed by atoms with van der Waals surface area (Å²) in [7, 11) is 0. The van der Waals surface area contributed by atoms with Gasteiger partial charge >= 0.3 is 0 Å². The van der Waals surface area contributed by atoms with E-state index in [1.807, 2.05) is 6.08 Å². The number of allylic oxidation sites excluding steroid dienone is 4. The predicted molar refractivity (Wildman–Crippen MR) is 122 cm³/mol. The first kappa shape index (κ1) is 19.6. The lowest BCUT2D eigenvalue weighted by Gasteiger charge is -2.63. The van der Waals surface area contributed by atoms with Gasteiger partial charge in [0.25, 0.3) is 0 Å². The molecule has 2 saturated carbocycles. The van der Waals surface area contributed by atoms with E-state index < -0.39 is 5.60 Å². The van der Waals surface area contributed by atoms with Crippen molar-refractivity contribution in [1.29, 1.82) is 0 Å². The predicted octanol–water partition coefficient (Wildman–Crippen LogP) is 5.15. The fourth-order valence-electron chi connectivity index (χ4n) is 8.57. The van der Waals surface area contributed by atoms with Crippen molar-refractivity contribution in [2.75, 3.05) is 0 Å². The third-order valence-corrected chi connectivity index (χ3v) is 10.1. The monoisotopic (exact) mass is 412 g/mol. The van der Waals surface area contributed by atoms with Gasteiger partial charge < -0.3 is 5.11 Å². The van der Waals surface area contributed by atoms with Gasteiger partial charge in [-0.25, -0.2) is 0 Å². The fraction of sp³-hybridized carbons (Fsp3) is 0.552. The minimum Gasteiger partial charge on any atom is -0.377 e. The van der Waals surface area contributed by atoms with Crippen LogP contribution >= 0.6 is 0 Å². The molecule has 5 aliphatic carbocycles. The van der Waals surface area contributed by atoms with Gasteiger partial charge in [0.15, 0.2) is 5.78 Å². The molecule has 0 amide bonds. The SMILES string of the molecule is C#C[C@]1(O)CC[C@H]2[C@@H]3C=CC4=CC(=O)CC[C@@]45Cc4cc(CC)ccc4C(C[C@@]21C)C35. The number of benzene rings is 1. The molecule has 0 saturated heterocycles. The molecule has 1 spiro atoms. The first-order valence-electron chi connectivity index (χ1n) is 12.1. The van der Waals surface area contributed by atoms with Gasteiger partial charge in [0, 0.05) is 17.3 Å². The van der Waals surface area contributed by atoms with E-state index in [2.05, 4.69) is 50.1 Å². The van der Waals surface area contributed by atoms with E-state index in [9.17, 15) is 9.90 Å². The molecule has 1 aromatic carbocycles. The fourth-order valence-corrected chi connectivity index (χ4v) is 8.57. The average Bonchev–Trinajstić information content (AvgIpc) is 3.04. The third kappa shape index (κ3) is 2.31. The van der Waals surface area contributed by atoms with E-state index in [0.717, 1.165) is 32.1 Å². The number of aryl methyl sites for hydroxylation is 1. The Morgan fingerprint density at radius 1 is 1.29 bits per heavy atom. The van der Waals surface area contributed by atoms with Crippen LogP contribution in [-0.4, -0.2) is 16.5 Å². The molecular weight excluding hydrogens is 380 g/mol. The van der Waals surface area contributed by atoms with Gasteiger partial charge in [-0.3, -0.25) is 4.79 Å². The number of ketones is 1. The number of fused-ring (bicyclic) bond motifs is 4. The van der Waals surface area contributed by atoms with Crippen LogP contribution in [0.1, 0.15) is 68.6 Å². The molecule has 2 fully saturated rings. The zero-order valence-corrected chi connectivity index (χ0v) is 18.7. The molecule has 0 aliphatic heterocycles. The maximum Gasteiger partial charge on any atom is 0.156 e. The minimum absolute atomic E-state index is 0.0511.